The van der Waals surface area contributed by atoms with Gasteiger partial charge in [0.2, 0.25) is 11.8 Å². The number of aliphatic carboxylic acids is 1. The van der Waals surface area contributed by atoms with Crippen LogP contribution in [-0.2, 0) is 27.3 Å². The summed E-state index contributed by atoms with van der Waals surface area (Å²) in [5.41, 5.74) is 1.79. The molecule has 1 atom stereocenters. The van der Waals surface area contributed by atoms with Gasteiger partial charge < -0.3 is 14.9 Å². The summed E-state index contributed by atoms with van der Waals surface area (Å²) in [4.78, 5) is 43.6. The highest BCUT2D eigenvalue weighted by molar-refractivity contribution is 5.90. The number of aromatic nitrogens is 1. The fourth-order valence-electron chi connectivity index (χ4n) is 3.37. The summed E-state index contributed by atoms with van der Waals surface area (Å²) in [5.74, 6) is -1.97. The smallest absolute Gasteiger partial charge is 0.323 e. The van der Waals surface area contributed by atoms with Crippen molar-refractivity contribution in [2.75, 3.05) is 19.6 Å². The lowest BCUT2D eigenvalue weighted by Gasteiger charge is -2.24. The van der Waals surface area contributed by atoms with E-state index in [4.69, 9.17) is 0 Å². The lowest BCUT2D eigenvalue weighted by molar-refractivity contribution is -0.146. The number of hydrogen-bond acceptors (Lipinski definition) is 4. The lowest BCUT2D eigenvalue weighted by Crippen LogP contribution is -2.41. The van der Waals surface area contributed by atoms with Crippen LogP contribution in [0.4, 0.5) is 0 Å². The molecule has 0 bridgehead atoms. The Balaban J connectivity index is 1.63. The number of amides is 2. The van der Waals surface area contributed by atoms with Crippen LogP contribution in [-0.4, -0.2) is 57.3 Å². The zero-order valence-electron chi connectivity index (χ0n) is 15.5. The standard InChI is InChI=1S/C21H23N3O4/c25-19-12-17(13-24(19)14-18-8-4-5-10-22-18)21(28)23(15-20(26)27)11-9-16-6-2-1-3-7-16/h1-8,10,17H,9,11-15H2,(H,26,27). The zero-order valence-corrected chi connectivity index (χ0v) is 15.5. The van der Waals surface area contributed by atoms with Crippen molar-refractivity contribution in [1.82, 2.24) is 14.8 Å². The molecule has 1 aliphatic rings. The average Bonchev–Trinajstić information content (AvgIpc) is 3.06. The summed E-state index contributed by atoms with van der Waals surface area (Å²) in [6, 6.07) is 15.1. The number of benzene rings is 1. The molecule has 0 spiro atoms. The van der Waals surface area contributed by atoms with E-state index in [1.54, 1.807) is 17.2 Å². The van der Waals surface area contributed by atoms with E-state index in [-0.39, 0.29) is 31.3 Å². The number of hydrogen-bond donors (Lipinski definition) is 1. The van der Waals surface area contributed by atoms with Crippen LogP contribution in [0.15, 0.2) is 54.7 Å². The van der Waals surface area contributed by atoms with Gasteiger partial charge in [-0.2, -0.15) is 0 Å². The molecule has 3 rings (SSSR count). The van der Waals surface area contributed by atoms with Gasteiger partial charge in [0, 0.05) is 25.7 Å². The molecule has 2 amide bonds. The highest BCUT2D eigenvalue weighted by Crippen LogP contribution is 2.22. The third-order valence-electron chi connectivity index (χ3n) is 4.79. The molecule has 1 fully saturated rings. The number of pyridine rings is 1. The first kappa shape index (κ1) is 19.5. The third kappa shape index (κ3) is 5.16. The Hall–Kier alpha value is -3.22. The molecule has 1 aromatic carbocycles. The van der Waals surface area contributed by atoms with Crippen molar-refractivity contribution < 1.29 is 19.5 Å². The van der Waals surface area contributed by atoms with Gasteiger partial charge in [-0.3, -0.25) is 19.4 Å². The Bertz CT molecular complexity index is 826. The summed E-state index contributed by atoms with van der Waals surface area (Å²) in [6.07, 6.45) is 2.34. The molecule has 2 aromatic rings. The normalized spacial score (nSPS) is 16.2. The highest BCUT2D eigenvalue weighted by atomic mass is 16.4. The Morgan fingerprint density at radius 2 is 1.89 bits per heavy atom. The van der Waals surface area contributed by atoms with Gasteiger partial charge in [-0.15, -0.1) is 0 Å². The summed E-state index contributed by atoms with van der Waals surface area (Å²) >= 11 is 0. The number of carboxylic acids is 1. The Labute approximate surface area is 163 Å². The van der Waals surface area contributed by atoms with Gasteiger partial charge in [0.25, 0.3) is 0 Å². The van der Waals surface area contributed by atoms with Gasteiger partial charge in [0.1, 0.15) is 6.54 Å². The van der Waals surface area contributed by atoms with E-state index in [1.165, 1.54) is 4.90 Å². The van der Waals surface area contributed by atoms with Crippen molar-refractivity contribution in [3.63, 3.8) is 0 Å². The summed E-state index contributed by atoms with van der Waals surface area (Å²) in [6.45, 7) is 0.582. The van der Waals surface area contributed by atoms with Crippen LogP contribution in [0.3, 0.4) is 0 Å². The second-order valence-corrected chi connectivity index (χ2v) is 6.89. The fraction of sp³-hybridized carbons (Fsp3) is 0.333. The molecule has 0 saturated carbocycles. The number of likely N-dealkylation sites (tertiary alicyclic amines) is 1. The molecule has 1 saturated heterocycles. The molecule has 7 nitrogen and oxygen atoms in total. The van der Waals surface area contributed by atoms with Crippen LogP contribution in [0.1, 0.15) is 17.7 Å². The predicted octanol–water partition coefficient (Wildman–Crippen LogP) is 1.59. The molecule has 0 aliphatic carbocycles. The first-order valence-electron chi connectivity index (χ1n) is 9.25. The van der Waals surface area contributed by atoms with Crippen molar-refractivity contribution in [3.8, 4) is 0 Å². The monoisotopic (exact) mass is 381 g/mol. The van der Waals surface area contributed by atoms with Crippen LogP contribution in [0.25, 0.3) is 0 Å². The van der Waals surface area contributed by atoms with Gasteiger partial charge in [-0.25, -0.2) is 0 Å². The Kier molecular flexibility index (Phi) is 6.37. The molecule has 28 heavy (non-hydrogen) atoms. The highest BCUT2D eigenvalue weighted by Gasteiger charge is 2.37. The van der Waals surface area contributed by atoms with Gasteiger partial charge in [-0.1, -0.05) is 36.4 Å². The Morgan fingerprint density at radius 3 is 2.57 bits per heavy atom. The fourth-order valence-corrected chi connectivity index (χ4v) is 3.37. The van der Waals surface area contributed by atoms with Crippen molar-refractivity contribution in [2.45, 2.75) is 19.4 Å². The third-order valence-corrected chi connectivity index (χ3v) is 4.79. The molecular formula is C21H23N3O4. The maximum atomic E-state index is 12.9. The van der Waals surface area contributed by atoms with Crippen molar-refractivity contribution in [1.29, 1.82) is 0 Å². The molecule has 1 aliphatic heterocycles. The summed E-state index contributed by atoms with van der Waals surface area (Å²) < 4.78 is 0. The van der Waals surface area contributed by atoms with Gasteiger partial charge in [0.05, 0.1) is 18.2 Å². The molecule has 1 aromatic heterocycles. The number of carboxylic acid groups (broad SMARTS) is 1. The number of rotatable bonds is 8. The van der Waals surface area contributed by atoms with Gasteiger partial charge in [0.15, 0.2) is 0 Å². The number of carbonyl (C=O) groups excluding carboxylic acids is 2. The van der Waals surface area contributed by atoms with Crippen molar-refractivity contribution >= 4 is 17.8 Å². The van der Waals surface area contributed by atoms with Gasteiger partial charge in [-0.05, 0) is 24.1 Å². The first-order valence-corrected chi connectivity index (χ1v) is 9.25. The quantitative estimate of drug-likeness (QED) is 0.750. The SMILES string of the molecule is O=C(O)CN(CCc1ccccc1)C(=O)C1CC(=O)N(Cc2ccccn2)C1. The Morgan fingerprint density at radius 1 is 1.14 bits per heavy atom. The second-order valence-electron chi connectivity index (χ2n) is 6.89. The van der Waals surface area contributed by atoms with Crippen LogP contribution in [0.5, 0.6) is 0 Å². The van der Waals surface area contributed by atoms with E-state index in [2.05, 4.69) is 4.98 Å². The zero-order chi connectivity index (χ0) is 19.9. The minimum atomic E-state index is -1.06. The average molecular weight is 381 g/mol. The largest absolute Gasteiger partial charge is 0.480 e. The summed E-state index contributed by atoms with van der Waals surface area (Å²) in [7, 11) is 0. The van der Waals surface area contributed by atoms with Crippen LogP contribution >= 0.6 is 0 Å². The molecule has 1 N–H and O–H groups in total. The minimum Gasteiger partial charge on any atom is -0.480 e. The number of nitrogens with zero attached hydrogens (tertiary/aromatic N) is 3. The van der Waals surface area contributed by atoms with E-state index in [9.17, 15) is 19.5 Å². The van der Waals surface area contributed by atoms with E-state index < -0.39 is 11.9 Å². The lowest BCUT2D eigenvalue weighted by atomic mass is 10.1. The van der Waals surface area contributed by atoms with Crippen molar-refractivity contribution in [3.05, 3.63) is 66.0 Å². The van der Waals surface area contributed by atoms with E-state index in [1.807, 2.05) is 42.5 Å². The molecular weight excluding hydrogens is 358 g/mol. The predicted molar refractivity (Wildman–Crippen MR) is 102 cm³/mol. The van der Waals surface area contributed by atoms with Gasteiger partial charge >= 0.3 is 5.97 Å². The maximum Gasteiger partial charge on any atom is 0.323 e. The first-order chi connectivity index (χ1) is 13.5. The van der Waals surface area contributed by atoms with Crippen LogP contribution in [0.2, 0.25) is 0 Å². The molecule has 0 radical (unpaired) electrons. The minimum absolute atomic E-state index is 0.104. The molecule has 1 unspecified atom stereocenters. The molecule has 146 valence electrons. The topological polar surface area (TPSA) is 90.8 Å². The summed E-state index contributed by atoms with van der Waals surface area (Å²) in [5, 5.41) is 9.19. The van der Waals surface area contributed by atoms with E-state index in [0.717, 1.165) is 11.3 Å². The maximum absolute atomic E-state index is 12.9. The second kappa shape index (κ2) is 9.12. The molecule has 7 heteroatoms. The number of carbonyl (C=O) groups is 3. The molecule has 2 heterocycles. The van der Waals surface area contributed by atoms with Crippen LogP contribution in [0, 0.1) is 5.92 Å². The van der Waals surface area contributed by atoms with E-state index in [0.29, 0.717) is 19.5 Å². The van der Waals surface area contributed by atoms with E-state index >= 15 is 0 Å². The van der Waals surface area contributed by atoms with Crippen molar-refractivity contribution in [2.24, 2.45) is 5.92 Å². The van der Waals surface area contributed by atoms with Crippen LogP contribution < -0.4 is 0 Å².